The molecule has 20 heavy (non-hydrogen) atoms. The summed E-state index contributed by atoms with van der Waals surface area (Å²) in [4.78, 5) is 5.89. The van der Waals surface area contributed by atoms with Gasteiger partial charge in [0.1, 0.15) is 5.82 Å². The number of piperidine rings is 1. The van der Waals surface area contributed by atoms with E-state index in [-0.39, 0.29) is 23.3 Å². The standard InChI is InChI=1S/C13H13BrClF3N2/c14-7-3-11(13(16,17)18)12(19-6-7)20-9-1-2-10(20)5-8(15)4-9/h3,6,8-10H,1-2,4-5H2. The molecule has 0 spiro atoms. The smallest absolute Gasteiger partial charge is 0.350 e. The lowest BCUT2D eigenvalue weighted by molar-refractivity contribution is -0.137. The Morgan fingerprint density at radius 2 is 1.85 bits per heavy atom. The molecule has 2 aliphatic heterocycles. The van der Waals surface area contributed by atoms with Crippen molar-refractivity contribution < 1.29 is 13.2 Å². The van der Waals surface area contributed by atoms with Crippen LogP contribution in [0.5, 0.6) is 0 Å². The molecule has 1 aromatic heterocycles. The van der Waals surface area contributed by atoms with Crippen molar-refractivity contribution in [3.8, 4) is 0 Å². The lowest BCUT2D eigenvalue weighted by atomic mass is 10.0. The minimum absolute atomic E-state index is 0.0526. The first kappa shape index (κ1) is 14.4. The Bertz CT molecular complexity index is 509. The maximum absolute atomic E-state index is 13.2. The van der Waals surface area contributed by atoms with Crippen molar-refractivity contribution in [2.45, 2.75) is 49.3 Å². The Hall–Kier alpha value is -0.490. The zero-order chi connectivity index (χ0) is 14.5. The summed E-state index contributed by atoms with van der Waals surface area (Å²) >= 11 is 9.24. The number of alkyl halides is 4. The molecule has 0 aliphatic carbocycles. The Balaban J connectivity index is 2.03. The largest absolute Gasteiger partial charge is 0.419 e. The molecular weight excluding hydrogens is 357 g/mol. The van der Waals surface area contributed by atoms with E-state index in [1.807, 2.05) is 4.90 Å². The average molecular weight is 370 g/mol. The van der Waals surface area contributed by atoms with Crippen LogP contribution in [0.1, 0.15) is 31.2 Å². The quantitative estimate of drug-likeness (QED) is 0.673. The molecule has 3 heterocycles. The first-order valence-electron chi connectivity index (χ1n) is 6.51. The van der Waals surface area contributed by atoms with Gasteiger partial charge in [-0.2, -0.15) is 13.2 Å². The van der Waals surface area contributed by atoms with Gasteiger partial charge in [-0.05, 0) is 47.7 Å². The highest BCUT2D eigenvalue weighted by molar-refractivity contribution is 9.10. The molecule has 7 heteroatoms. The van der Waals surface area contributed by atoms with E-state index in [0.29, 0.717) is 4.47 Å². The van der Waals surface area contributed by atoms with Crippen molar-refractivity contribution in [2.24, 2.45) is 0 Å². The molecular formula is C13H13BrClF3N2. The van der Waals surface area contributed by atoms with Crippen molar-refractivity contribution in [2.75, 3.05) is 4.90 Å². The number of anilines is 1. The van der Waals surface area contributed by atoms with Crippen LogP contribution in [-0.2, 0) is 6.18 Å². The second-order valence-corrected chi connectivity index (χ2v) is 6.92. The second-order valence-electron chi connectivity index (χ2n) is 5.38. The van der Waals surface area contributed by atoms with Gasteiger partial charge in [-0.25, -0.2) is 4.98 Å². The fraction of sp³-hybridized carbons (Fsp3) is 0.615. The SMILES string of the molecule is FC(F)(F)c1cc(Br)cnc1N1C2CCC1CC(Cl)C2. The van der Waals surface area contributed by atoms with Crippen molar-refractivity contribution in [1.29, 1.82) is 0 Å². The summed E-state index contributed by atoms with van der Waals surface area (Å²) in [7, 11) is 0. The van der Waals surface area contributed by atoms with E-state index < -0.39 is 11.7 Å². The van der Waals surface area contributed by atoms with Gasteiger partial charge in [0.15, 0.2) is 0 Å². The average Bonchev–Trinajstić information content (AvgIpc) is 2.61. The molecule has 0 radical (unpaired) electrons. The van der Waals surface area contributed by atoms with E-state index in [2.05, 4.69) is 20.9 Å². The van der Waals surface area contributed by atoms with Crippen molar-refractivity contribution in [1.82, 2.24) is 4.98 Å². The summed E-state index contributed by atoms with van der Waals surface area (Å²) in [5, 5.41) is 0.0635. The van der Waals surface area contributed by atoms with Gasteiger partial charge < -0.3 is 4.90 Å². The number of halogens is 5. The fourth-order valence-corrected chi connectivity index (χ4v) is 4.05. The van der Waals surface area contributed by atoms with E-state index in [1.54, 1.807) is 0 Å². The van der Waals surface area contributed by atoms with Crippen LogP contribution in [0.15, 0.2) is 16.7 Å². The Labute approximate surface area is 128 Å². The second kappa shape index (κ2) is 5.05. The summed E-state index contributed by atoms with van der Waals surface area (Å²) in [5.74, 6) is 0.0526. The molecule has 2 bridgehead atoms. The molecule has 2 unspecified atom stereocenters. The fourth-order valence-electron chi connectivity index (χ4n) is 3.30. The number of fused-ring (bicyclic) bond motifs is 2. The third-order valence-electron chi connectivity index (χ3n) is 4.06. The van der Waals surface area contributed by atoms with E-state index in [0.717, 1.165) is 31.7 Å². The summed E-state index contributed by atoms with van der Waals surface area (Å²) in [6.45, 7) is 0. The molecule has 2 atom stereocenters. The van der Waals surface area contributed by atoms with E-state index in [1.165, 1.54) is 6.20 Å². The highest BCUT2D eigenvalue weighted by Gasteiger charge is 2.45. The number of aromatic nitrogens is 1. The first-order valence-corrected chi connectivity index (χ1v) is 7.74. The highest BCUT2D eigenvalue weighted by atomic mass is 79.9. The van der Waals surface area contributed by atoms with Gasteiger partial charge in [-0.15, -0.1) is 11.6 Å². The molecule has 2 nitrogen and oxygen atoms in total. The van der Waals surface area contributed by atoms with Crippen molar-refractivity contribution in [3.63, 3.8) is 0 Å². The molecule has 110 valence electrons. The van der Waals surface area contributed by atoms with Crippen LogP contribution in [0, 0.1) is 0 Å². The normalized spacial score (nSPS) is 29.9. The lowest BCUT2D eigenvalue weighted by Gasteiger charge is -2.39. The summed E-state index contributed by atoms with van der Waals surface area (Å²) < 4.78 is 40.0. The number of rotatable bonds is 1. The zero-order valence-corrected chi connectivity index (χ0v) is 12.8. The minimum atomic E-state index is -4.40. The topological polar surface area (TPSA) is 16.1 Å². The predicted octanol–water partition coefficient (Wildman–Crippen LogP) is 4.60. The Morgan fingerprint density at radius 1 is 1.25 bits per heavy atom. The van der Waals surface area contributed by atoms with Gasteiger partial charge in [-0.1, -0.05) is 0 Å². The number of hydrogen-bond acceptors (Lipinski definition) is 2. The molecule has 0 aromatic carbocycles. The van der Waals surface area contributed by atoms with Crippen LogP contribution < -0.4 is 4.90 Å². The zero-order valence-electron chi connectivity index (χ0n) is 10.5. The predicted molar refractivity (Wildman–Crippen MR) is 75.1 cm³/mol. The van der Waals surface area contributed by atoms with Gasteiger partial charge in [0.25, 0.3) is 0 Å². The van der Waals surface area contributed by atoms with Gasteiger partial charge in [-0.3, -0.25) is 0 Å². The third kappa shape index (κ3) is 2.52. The monoisotopic (exact) mass is 368 g/mol. The van der Waals surface area contributed by atoms with Crippen LogP contribution in [0.2, 0.25) is 0 Å². The Kier molecular flexibility index (Phi) is 3.65. The van der Waals surface area contributed by atoms with E-state index in [9.17, 15) is 13.2 Å². The van der Waals surface area contributed by atoms with Crippen LogP contribution in [0.3, 0.4) is 0 Å². The maximum Gasteiger partial charge on any atom is 0.419 e. The van der Waals surface area contributed by atoms with Gasteiger partial charge in [0, 0.05) is 28.1 Å². The maximum atomic E-state index is 13.2. The van der Waals surface area contributed by atoms with Crippen LogP contribution in [0.25, 0.3) is 0 Å². The molecule has 0 N–H and O–H groups in total. The van der Waals surface area contributed by atoms with E-state index in [4.69, 9.17) is 11.6 Å². The number of pyridine rings is 1. The van der Waals surface area contributed by atoms with Crippen LogP contribution in [-0.4, -0.2) is 22.4 Å². The number of nitrogens with zero attached hydrogens (tertiary/aromatic N) is 2. The first-order chi connectivity index (χ1) is 9.36. The molecule has 1 aromatic rings. The van der Waals surface area contributed by atoms with Gasteiger partial charge >= 0.3 is 6.18 Å². The molecule has 0 amide bonds. The van der Waals surface area contributed by atoms with Crippen molar-refractivity contribution in [3.05, 3.63) is 22.3 Å². The van der Waals surface area contributed by atoms with Crippen LogP contribution >= 0.6 is 27.5 Å². The highest BCUT2D eigenvalue weighted by Crippen LogP contribution is 2.45. The summed E-state index contributed by atoms with van der Waals surface area (Å²) in [6.07, 6.45) is 0.270. The van der Waals surface area contributed by atoms with Gasteiger partial charge in [0.05, 0.1) is 5.56 Å². The van der Waals surface area contributed by atoms with Gasteiger partial charge in [0.2, 0.25) is 0 Å². The Morgan fingerprint density at radius 3 is 2.40 bits per heavy atom. The lowest BCUT2D eigenvalue weighted by Crippen LogP contribution is -2.44. The van der Waals surface area contributed by atoms with Crippen molar-refractivity contribution >= 4 is 33.3 Å². The molecule has 2 saturated heterocycles. The minimum Gasteiger partial charge on any atom is -0.350 e. The molecule has 2 fully saturated rings. The third-order valence-corrected chi connectivity index (χ3v) is 4.85. The molecule has 0 saturated carbocycles. The summed E-state index contributed by atoms with van der Waals surface area (Å²) in [6, 6.07) is 1.26. The molecule has 2 aliphatic rings. The summed E-state index contributed by atoms with van der Waals surface area (Å²) in [5.41, 5.74) is -0.670. The number of hydrogen-bond donors (Lipinski definition) is 0. The van der Waals surface area contributed by atoms with E-state index >= 15 is 0 Å². The molecule has 3 rings (SSSR count). The van der Waals surface area contributed by atoms with Crippen LogP contribution in [0.4, 0.5) is 19.0 Å².